The summed E-state index contributed by atoms with van der Waals surface area (Å²) in [4.78, 5) is 0.337. The fraction of sp³-hybridized carbons (Fsp3) is 0.538. The van der Waals surface area contributed by atoms with E-state index in [1.165, 1.54) is 4.31 Å². The van der Waals surface area contributed by atoms with Crippen molar-refractivity contribution >= 4 is 10.0 Å². The van der Waals surface area contributed by atoms with Gasteiger partial charge in [-0.3, -0.25) is 0 Å². The molecule has 1 aromatic rings. The minimum Gasteiger partial charge on any atom is -0.387 e. The van der Waals surface area contributed by atoms with Crippen LogP contribution in [0.25, 0.3) is 0 Å². The molecule has 5 heteroatoms. The average Bonchev–Trinajstić information content (AvgIpc) is 2.26. The average molecular weight is 269 g/mol. The van der Waals surface area contributed by atoms with Crippen LogP contribution in [0.2, 0.25) is 0 Å². The van der Waals surface area contributed by atoms with E-state index < -0.39 is 15.6 Å². The van der Waals surface area contributed by atoms with Crippen molar-refractivity contribution in [3.8, 4) is 0 Å². The highest BCUT2D eigenvalue weighted by Gasteiger charge is 2.46. The third-order valence-electron chi connectivity index (χ3n) is 3.37. The lowest BCUT2D eigenvalue weighted by molar-refractivity contribution is -0.0653. The first kappa shape index (κ1) is 13.5. The zero-order valence-electron chi connectivity index (χ0n) is 10.8. The maximum atomic E-state index is 12.3. The third kappa shape index (κ3) is 2.30. The first-order chi connectivity index (χ1) is 8.39. The predicted molar refractivity (Wildman–Crippen MR) is 69.8 cm³/mol. The normalized spacial score (nSPS) is 19.5. The lowest BCUT2D eigenvalue weighted by Gasteiger charge is -2.45. The maximum Gasteiger partial charge on any atom is 0.243 e. The molecule has 1 N–H and O–H groups in total. The van der Waals surface area contributed by atoms with Crippen molar-refractivity contribution in [2.24, 2.45) is 0 Å². The van der Waals surface area contributed by atoms with E-state index in [2.05, 4.69) is 0 Å². The summed E-state index contributed by atoms with van der Waals surface area (Å²) in [5, 5.41) is 10.1. The first-order valence-electron chi connectivity index (χ1n) is 6.17. The standard InChI is InChI=1S/C13H19NO3S/c1-3-8-13(15)9-14(10-13)18(16,17)12-7-5-4-6-11(12)2/h4-7,15H,3,8-10H2,1-2H3. The van der Waals surface area contributed by atoms with Crippen molar-refractivity contribution in [3.05, 3.63) is 29.8 Å². The number of rotatable bonds is 4. The van der Waals surface area contributed by atoms with Crippen molar-refractivity contribution in [2.45, 2.75) is 37.2 Å². The van der Waals surface area contributed by atoms with Gasteiger partial charge in [0.15, 0.2) is 0 Å². The molecule has 0 amide bonds. The van der Waals surface area contributed by atoms with Gasteiger partial charge in [-0.2, -0.15) is 4.31 Å². The van der Waals surface area contributed by atoms with E-state index >= 15 is 0 Å². The Morgan fingerprint density at radius 2 is 1.94 bits per heavy atom. The number of aliphatic hydroxyl groups is 1. The molecule has 1 aromatic carbocycles. The monoisotopic (exact) mass is 269 g/mol. The largest absolute Gasteiger partial charge is 0.387 e. The van der Waals surface area contributed by atoms with Crippen LogP contribution in [-0.2, 0) is 10.0 Å². The second kappa shape index (κ2) is 4.64. The summed E-state index contributed by atoms with van der Waals surface area (Å²) < 4.78 is 26.0. The van der Waals surface area contributed by atoms with Gasteiger partial charge in [-0.1, -0.05) is 31.5 Å². The van der Waals surface area contributed by atoms with Crippen molar-refractivity contribution in [1.29, 1.82) is 0 Å². The van der Waals surface area contributed by atoms with Gasteiger partial charge in [0.2, 0.25) is 10.0 Å². The maximum absolute atomic E-state index is 12.3. The van der Waals surface area contributed by atoms with Gasteiger partial charge < -0.3 is 5.11 Å². The molecule has 0 spiro atoms. The molecule has 0 aromatic heterocycles. The molecule has 0 bridgehead atoms. The minimum absolute atomic E-state index is 0.206. The van der Waals surface area contributed by atoms with Gasteiger partial charge in [0.05, 0.1) is 10.5 Å². The lowest BCUT2D eigenvalue weighted by atomic mass is 9.92. The minimum atomic E-state index is -3.45. The molecule has 18 heavy (non-hydrogen) atoms. The van der Waals surface area contributed by atoms with Crippen LogP contribution in [0.1, 0.15) is 25.3 Å². The number of β-amino-alcohol motifs (C(OH)–C–C–N with tert-alkyl or cyclic N) is 1. The van der Waals surface area contributed by atoms with Gasteiger partial charge in [-0.15, -0.1) is 0 Å². The Labute approximate surface area is 108 Å². The summed E-state index contributed by atoms with van der Waals surface area (Å²) in [7, 11) is -3.45. The molecule has 1 aliphatic rings. The van der Waals surface area contributed by atoms with E-state index in [0.717, 1.165) is 12.0 Å². The van der Waals surface area contributed by atoms with Gasteiger partial charge in [-0.05, 0) is 25.0 Å². The van der Waals surface area contributed by atoms with Gasteiger partial charge in [0, 0.05) is 13.1 Å². The smallest absolute Gasteiger partial charge is 0.243 e. The summed E-state index contributed by atoms with van der Waals surface area (Å²) in [6.07, 6.45) is 1.50. The Kier molecular flexibility index (Phi) is 3.49. The van der Waals surface area contributed by atoms with Crippen molar-refractivity contribution in [2.75, 3.05) is 13.1 Å². The van der Waals surface area contributed by atoms with Crippen molar-refractivity contribution in [3.63, 3.8) is 0 Å². The number of aryl methyl sites for hydroxylation is 1. The highest BCUT2D eigenvalue weighted by molar-refractivity contribution is 7.89. The predicted octanol–water partition coefficient (Wildman–Crippen LogP) is 1.53. The van der Waals surface area contributed by atoms with Crippen LogP contribution in [0, 0.1) is 6.92 Å². The second-order valence-electron chi connectivity index (χ2n) is 5.01. The van der Waals surface area contributed by atoms with Crippen LogP contribution < -0.4 is 0 Å². The zero-order valence-corrected chi connectivity index (χ0v) is 11.6. The summed E-state index contributed by atoms with van der Waals surface area (Å²) in [5.41, 5.74) is -0.0896. The van der Waals surface area contributed by atoms with E-state index in [-0.39, 0.29) is 13.1 Å². The van der Waals surface area contributed by atoms with Crippen molar-refractivity contribution < 1.29 is 13.5 Å². The molecule has 4 nitrogen and oxygen atoms in total. The van der Waals surface area contributed by atoms with Gasteiger partial charge >= 0.3 is 0 Å². The van der Waals surface area contributed by atoms with E-state index in [1.54, 1.807) is 25.1 Å². The molecule has 100 valence electrons. The van der Waals surface area contributed by atoms with E-state index in [9.17, 15) is 13.5 Å². The third-order valence-corrected chi connectivity index (χ3v) is 5.32. The molecule has 2 rings (SSSR count). The topological polar surface area (TPSA) is 57.6 Å². The van der Waals surface area contributed by atoms with Gasteiger partial charge in [0.25, 0.3) is 0 Å². The molecular weight excluding hydrogens is 250 g/mol. The van der Waals surface area contributed by atoms with E-state index in [0.29, 0.717) is 11.3 Å². The Morgan fingerprint density at radius 3 is 2.50 bits per heavy atom. The van der Waals surface area contributed by atoms with Crippen LogP contribution in [0.4, 0.5) is 0 Å². The van der Waals surface area contributed by atoms with Crippen molar-refractivity contribution in [1.82, 2.24) is 4.31 Å². The van der Waals surface area contributed by atoms with Crippen LogP contribution in [-0.4, -0.2) is 36.5 Å². The summed E-state index contributed by atoms with van der Waals surface area (Å²) in [6, 6.07) is 6.93. The summed E-state index contributed by atoms with van der Waals surface area (Å²) in [6.45, 7) is 4.18. The molecule has 0 unspecified atom stereocenters. The van der Waals surface area contributed by atoms with Crippen LogP contribution in [0.3, 0.4) is 0 Å². The summed E-state index contributed by atoms with van der Waals surface area (Å²) in [5.74, 6) is 0. The van der Waals surface area contributed by atoms with Crippen LogP contribution in [0.5, 0.6) is 0 Å². The Morgan fingerprint density at radius 1 is 1.33 bits per heavy atom. The molecule has 1 aliphatic heterocycles. The molecule has 0 atom stereocenters. The zero-order chi connectivity index (χ0) is 13.4. The lowest BCUT2D eigenvalue weighted by Crippen LogP contribution is -2.63. The number of nitrogens with zero attached hydrogens (tertiary/aromatic N) is 1. The summed E-state index contributed by atoms with van der Waals surface area (Å²) >= 11 is 0. The molecular formula is C13H19NO3S. The molecule has 1 fully saturated rings. The highest BCUT2D eigenvalue weighted by Crippen LogP contribution is 2.32. The fourth-order valence-corrected chi connectivity index (χ4v) is 4.21. The van der Waals surface area contributed by atoms with E-state index in [1.807, 2.05) is 13.0 Å². The molecule has 0 saturated carbocycles. The Bertz CT molecular complexity index is 533. The highest BCUT2D eigenvalue weighted by atomic mass is 32.2. The SMILES string of the molecule is CCCC1(O)CN(S(=O)(=O)c2ccccc2C)C1. The molecule has 1 saturated heterocycles. The van der Waals surface area contributed by atoms with Crippen LogP contribution in [0.15, 0.2) is 29.2 Å². The first-order valence-corrected chi connectivity index (χ1v) is 7.61. The second-order valence-corrected chi connectivity index (χ2v) is 6.92. The molecule has 0 radical (unpaired) electrons. The quantitative estimate of drug-likeness (QED) is 0.902. The Hall–Kier alpha value is -0.910. The number of benzene rings is 1. The van der Waals surface area contributed by atoms with Crippen LogP contribution >= 0.6 is 0 Å². The Balaban J connectivity index is 2.19. The number of sulfonamides is 1. The number of hydrogen-bond donors (Lipinski definition) is 1. The fourth-order valence-electron chi connectivity index (χ4n) is 2.39. The number of hydrogen-bond acceptors (Lipinski definition) is 3. The molecule has 1 heterocycles. The van der Waals surface area contributed by atoms with E-state index in [4.69, 9.17) is 0 Å². The van der Waals surface area contributed by atoms with Gasteiger partial charge in [0.1, 0.15) is 0 Å². The van der Waals surface area contributed by atoms with Gasteiger partial charge in [-0.25, -0.2) is 8.42 Å². The molecule has 0 aliphatic carbocycles.